The van der Waals surface area contributed by atoms with Gasteiger partial charge in [0, 0.05) is 6.54 Å². The third-order valence-corrected chi connectivity index (χ3v) is 2.41. The Labute approximate surface area is 86.8 Å². The minimum absolute atomic E-state index is 0.0381. The average molecular weight is 198 g/mol. The van der Waals surface area contributed by atoms with Gasteiger partial charge in [-0.3, -0.25) is 4.79 Å². The Morgan fingerprint density at radius 3 is 2.71 bits per heavy atom. The van der Waals surface area contributed by atoms with E-state index >= 15 is 0 Å². The maximum Gasteiger partial charge on any atom is 0.237 e. The molecule has 0 aromatic heterocycles. The highest BCUT2D eigenvalue weighted by Gasteiger charge is 2.18. The van der Waals surface area contributed by atoms with Crippen molar-refractivity contribution in [2.45, 2.75) is 39.7 Å². The summed E-state index contributed by atoms with van der Waals surface area (Å²) in [5.41, 5.74) is 5.76. The molecule has 0 radical (unpaired) electrons. The van der Waals surface area contributed by atoms with Crippen molar-refractivity contribution in [3.63, 3.8) is 0 Å². The first-order valence-electron chi connectivity index (χ1n) is 5.27. The Balaban J connectivity index is 3.72. The average Bonchev–Trinajstić information content (AvgIpc) is 2.21. The SMILES string of the molecule is C/C=C/CCNC(=O)[C@@H](N)[C@@H](C)CC. The number of carbonyl (C=O) groups is 1. The van der Waals surface area contributed by atoms with E-state index in [1.807, 2.05) is 32.9 Å². The first-order valence-corrected chi connectivity index (χ1v) is 5.27. The summed E-state index contributed by atoms with van der Waals surface area (Å²) in [7, 11) is 0. The highest BCUT2D eigenvalue weighted by atomic mass is 16.2. The van der Waals surface area contributed by atoms with Crippen LogP contribution in [0.25, 0.3) is 0 Å². The minimum Gasteiger partial charge on any atom is -0.354 e. The molecule has 0 saturated heterocycles. The predicted octanol–water partition coefficient (Wildman–Crippen LogP) is 1.44. The van der Waals surface area contributed by atoms with Crippen LogP contribution in [0.3, 0.4) is 0 Å². The standard InChI is InChI=1S/C11H22N2O/c1-4-6-7-8-13-11(14)10(12)9(3)5-2/h4,6,9-10H,5,7-8,12H2,1-3H3,(H,13,14)/b6-4+/t9-,10-/m0/s1. The van der Waals surface area contributed by atoms with Gasteiger partial charge < -0.3 is 11.1 Å². The highest BCUT2D eigenvalue weighted by molar-refractivity contribution is 5.81. The number of rotatable bonds is 6. The van der Waals surface area contributed by atoms with Crippen molar-refractivity contribution in [3.8, 4) is 0 Å². The first kappa shape index (κ1) is 13.2. The molecule has 1 amide bonds. The van der Waals surface area contributed by atoms with Crippen LogP contribution in [0.1, 0.15) is 33.6 Å². The summed E-state index contributed by atoms with van der Waals surface area (Å²) in [4.78, 5) is 11.4. The Morgan fingerprint density at radius 1 is 1.57 bits per heavy atom. The van der Waals surface area contributed by atoms with Crippen LogP contribution in [0.5, 0.6) is 0 Å². The molecule has 0 heterocycles. The lowest BCUT2D eigenvalue weighted by atomic mass is 9.99. The molecule has 0 aliphatic rings. The lowest BCUT2D eigenvalue weighted by molar-refractivity contribution is -0.123. The molecule has 0 aliphatic carbocycles. The van der Waals surface area contributed by atoms with Crippen LogP contribution in [-0.4, -0.2) is 18.5 Å². The first-order chi connectivity index (χ1) is 6.63. The fourth-order valence-electron chi connectivity index (χ4n) is 1.08. The number of amides is 1. The number of allylic oxidation sites excluding steroid dienone is 1. The van der Waals surface area contributed by atoms with E-state index in [0.717, 1.165) is 12.8 Å². The molecule has 0 fully saturated rings. The maximum atomic E-state index is 11.4. The summed E-state index contributed by atoms with van der Waals surface area (Å²) >= 11 is 0. The molecule has 82 valence electrons. The van der Waals surface area contributed by atoms with Crippen LogP contribution in [0, 0.1) is 5.92 Å². The van der Waals surface area contributed by atoms with Crippen molar-refractivity contribution in [1.29, 1.82) is 0 Å². The Morgan fingerprint density at radius 2 is 2.21 bits per heavy atom. The van der Waals surface area contributed by atoms with E-state index in [9.17, 15) is 4.79 Å². The molecule has 3 N–H and O–H groups in total. The summed E-state index contributed by atoms with van der Waals surface area (Å²) in [6.45, 7) is 6.67. The Kier molecular flexibility index (Phi) is 7.11. The largest absolute Gasteiger partial charge is 0.354 e. The van der Waals surface area contributed by atoms with Gasteiger partial charge in [-0.15, -0.1) is 0 Å². The van der Waals surface area contributed by atoms with Gasteiger partial charge in [0.2, 0.25) is 5.91 Å². The van der Waals surface area contributed by atoms with Crippen molar-refractivity contribution < 1.29 is 4.79 Å². The summed E-state index contributed by atoms with van der Waals surface area (Å²) in [6, 6.07) is -0.370. The van der Waals surface area contributed by atoms with Crippen molar-refractivity contribution in [2.75, 3.05) is 6.54 Å². The van der Waals surface area contributed by atoms with Crippen molar-refractivity contribution >= 4 is 5.91 Å². The number of nitrogens with one attached hydrogen (secondary N) is 1. The number of hydrogen-bond acceptors (Lipinski definition) is 2. The highest BCUT2D eigenvalue weighted by Crippen LogP contribution is 2.04. The molecule has 0 saturated carbocycles. The molecular formula is C11H22N2O. The smallest absolute Gasteiger partial charge is 0.237 e. The quantitative estimate of drug-likeness (QED) is 0.501. The summed E-state index contributed by atoms with van der Waals surface area (Å²) in [5.74, 6) is 0.209. The molecule has 0 aliphatic heterocycles. The van der Waals surface area contributed by atoms with Gasteiger partial charge in [-0.25, -0.2) is 0 Å². The monoisotopic (exact) mass is 198 g/mol. The van der Waals surface area contributed by atoms with Gasteiger partial charge >= 0.3 is 0 Å². The van der Waals surface area contributed by atoms with E-state index in [1.165, 1.54) is 0 Å². The van der Waals surface area contributed by atoms with Crippen LogP contribution >= 0.6 is 0 Å². The number of nitrogens with two attached hydrogens (primary N) is 1. The predicted molar refractivity (Wildman–Crippen MR) is 59.9 cm³/mol. The van der Waals surface area contributed by atoms with Gasteiger partial charge in [-0.05, 0) is 19.3 Å². The molecule has 0 rings (SSSR count). The Bertz CT molecular complexity index is 190. The van der Waals surface area contributed by atoms with E-state index in [-0.39, 0.29) is 17.9 Å². The molecule has 0 aromatic rings. The molecule has 2 atom stereocenters. The van der Waals surface area contributed by atoms with Gasteiger partial charge in [0.25, 0.3) is 0 Å². The molecule has 14 heavy (non-hydrogen) atoms. The number of hydrogen-bond donors (Lipinski definition) is 2. The normalized spacial score (nSPS) is 15.4. The van der Waals surface area contributed by atoms with Crippen LogP contribution in [0.15, 0.2) is 12.2 Å². The van der Waals surface area contributed by atoms with E-state index in [1.54, 1.807) is 0 Å². The fraction of sp³-hybridized carbons (Fsp3) is 0.727. The zero-order chi connectivity index (χ0) is 11.0. The van der Waals surface area contributed by atoms with E-state index < -0.39 is 0 Å². The second-order valence-corrected chi connectivity index (χ2v) is 3.56. The third-order valence-electron chi connectivity index (χ3n) is 2.41. The second kappa shape index (κ2) is 7.56. The van der Waals surface area contributed by atoms with Crippen LogP contribution < -0.4 is 11.1 Å². The summed E-state index contributed by atoms with van der Waals surface area (Å²) in [6.07, 6.45) is 5.80. The summed E-state index contributed by atoms with van der Waals surface area (Å²) < 4.78 is 0. The molecule has 0 bridgehead atoms. The van der Waals surface area contributed by atoms with Crippen LogP contribution in [0.2, 0.25) is 0 Å². The van der Waals surface area contributed by atoms with Gasteiger partial charge in [0.15, 0.2) is 0 Å². The molecule has 0 unspecified atom stereocenters. The Hall–Kier alpha value is -0.830. The van der Waals surface area contributed by atoms with Gasteiger partial charge in [-0.1, -0.05) is 32.4 Å². The lowest BCUT2D eigenvalue weighted by Crippen LogP contribution is -2.44. The minimum atomic E-state index is -0.370. The number of carbonyl (C=O) groups excluding carboxylic acids is 1. The summed E-state index contributed by atoms with van der Waals surface area (Å²) in [5, 5.41) is 2.82. The lowest BCUT2D eigenvalue weighted by Gasteiger charge is -2.17. The molecule has 0 spiro atoms. The van der Waals surface area contributed by atoms with Gasteiger partial charge in [0.05, 0.1) is 6.04 Å². The van der Waals surface area contributed by atoms with Crippen molar-refractivity contribution in [3.05, 3.63) is 12.2 Å². The third kappa shape index (κ3) is 5.02. The zero-order valence-corrected chi connectivity index (χ0v) is 9.42. The topological polar surface area (TPSA) is 55.1 Å². The van der Waals surface area contributed by atoms with Gasteiger partial charge in [-0.2, -0.15) is 0 Å². The van der Waals surface area contributed by atoms with E-state index in [0.29, 0.717) is 6.54 Å². The van der Waals surface area contributed by atoms with Gasteiger partial charge in [0.1, 0.15) is 0 Å². The second-order valence-electron chi connectivity index (χ2n) is 3.56. The van der Waals surface area contributed by atoms with E-state index in [2.05, 4.69) is 5.32 Å². The van der Waals surface area contributed by atoms with Crippen LogP contribution in [0.4, 0.5) is 0 Å². The fourth-order valence-corrected chi connectivity index (χ4v) is 1.08. The molecule has 0 aromatic carbocycles. The molecule has 3 heteroatoms. The molecule has 3 nitrogen and oxygen atoms in total. The zero-order valence-electron chi connectivity index (χ0n) is 9.42. The van der Waals surface area contributed by atoms with Crippen molar-refractivity contribution in [1.82, 2.24) is 5.32 Å². The van der Waals surface area contributed by atoms with Crippen molar-refractivity contribution in [2.24, 2.45) is 11.7 Å². The van der Waals surface area contributed by atoms with E-state index in [4.69, 9.17) is 5.73 Å². The maximum absolute atomic E-state index is 11.4. The molecular weight excluding hydrogens is 176 g/mol. The van der Waals surface area contributed by atoms with Crippen LogP contribution in [-0.2, 0) is 4.79 Å².